The molecule has 0 saturated heterocycles. The minimum Gasteiger partial charge on any atom is -0.332 e. The van der Waals surface area contributed by atoms with Crippen molar-refractivity contribution in [1.29, 1.82) is 0 Å². The van der Waals surface area contributed by atoms with Gasteiger partial charge in [-0.05, 0) is 50.2 Å². The standard InChI is InChI=1S/C13H13Cl3N2OS/c1-7-3-4-8(14)5-9(7)17-11(20)18-10(19)12(2)6-13(12,15)16/h3-5H,6H2,1-2H3,(H2,17,18,19,20). The molecule has 1 fully saturated rings. The van der Waals surface area contributed by atoms with Gasteiger partial charge >= 0.3 is 0 Å². The number of carbonyl (C=O) groups is 1. The third-order valence-electron chi connectivity index (χ3n) is 3.43. The molecule has 0 aliphatic heterocycles. The van der Waals surface area contributed by atoms with Crippen LogP contribution in [0.25, 0.3) is 0 Å². The van der Waals surface area contributed by atoms with Gasteiger partial charge in [-0.3, -0.25) is 4.79 Å². The number of amides is 1. The van der Waals surface area contributed by atoms with E-state index in [0.29, 0.717) is 11.4 Å². The summed E-state index contributed by atoms with van der Waals surface area (Å²) in [7, 11) is 0. The second-order valence-electron chi connectivity index (χ2n) is 5.08. The van der Waals surface area contributed by atoms with Crippen molar-refractivity contribution in [2.24, 2.45) is 5.41 Å². The summed E-state index contributed by atoms with van der Waals surface area (Å²) in [6, 6.07) is 5.38. The molecule has 1 atom stereocenters. The van der Waals surface area contributed by atoms with Gasteiger partial charge < -0.3 is 10.6 Å². The van der Waals surface area contributed by atoms with Crippen molar-refractivity contribution in [3.8, 4) is 0 Å². The van der Waals surface area contributed by atoms with Crippen LogP contribution in [0.1, 0.15) is 18.9 Å². The zero-order valence-electron chi connectivity index (χ0n) is 10.9. The first-order chi connectivity index (χ1) is 9.15. The zero-order valence-corrected chi connectivity index (χ0v) is 14.0. The maximum Gasteiger partial charge on any atom is 0.235 e. The molecular weight excluding hydrogens is 339 g/mol. The summed E-state index contributed by atoms with van der Waals surface area (Å²) in [5, 5.41) is 6.32. The molecule has 1 amide bonds. The Morgan fingerprint density at radius 3 is 2.55 bits per heavy atom. The fraction of sp³-hybridized carbons (Fsp3) is 0.385. The first-order valence-corrected chi connectivity index (χ1v) is 7.46. The van der Waals surface area contributed by atoms with Crippen LogP contribution in [0.5, 0.6) is 0 Å². The lowest BCUT2D eigenvalue weighted by Gasteiger charge is -2.15. The van der Waals surface area contributed by atoms with Gasteiger partial charge in [-0.25, -0.2) is 0 Å². The molecular formula is C13H13Cl3N2OS. The Morgan fingerprint density at radius 1 is 1.40 bits per heavy atom. The van der Waals surface area contributed by atoms with Gasteiger partial charge in [0.1, 0.15) is 4.33 Å². The number of hydrogen-bond donors (Lipinski definition) is 2. The Hall–Kier alpha value is -0.550. The molecule has 1 unspecified atom stereocenters. The topological polar surface area (TPSA) is 41.1 Å². The van der Waals surface area contributed by atoms with Crippen molar-refractivity contribution in [3.63, 3.8) is 0 Å². The minimum atomic E-state index is -1.02. The first kappa shape index (κ1) is 15.8. The third kappa shape index (κ3) is 3.03. The Kier molecular flexibility index (Phi) is 4.22. The van der Waals surface area contributed by atoms with Gasteiger partial charge in [0.15, 0.2) is 5.11 Å². The van der Waals surface area contributed by atoms with E-state index in [1.165, 1.54) is 0 Å². The van der Waals surface area contributed by atoms with Gasteiger partial charge in [-0.15, -0.1) is 23.2 Å². The van der Waals surface area contributed by atoms with Crippen molar-refractivity contribution in [1.82, 2.24) is 5.32 Å². The van der Waals surface area contributed by atoms with Crippen LogP contribution in [0, 0.1) is 12.3 Å². The van der Waals surface area contributed by atoms with Crippen LogP contribution in [0.3, 0.4) is 0 Å². The molecule has 1 saturated carbocycles. The molecule has 1 aliphatic carbocycles. The summed E-state index contributed by atoms with van der Waals surface area (Å²) in [6.07, 6.45) is 0.410. The van der Waals surface area contributed by atoms with Gasteiger partial charge in [0, 0.05) is 10.7 Å². The number of rotatable bonds is 2. The summed E-state index contributed by atoms with van der Waals surface area (Å²) in [4.78, 5) is 12.1. The number of benzene rings is 1. The molecule has 0 heterocycles. The van der Waals surface area contributed by atoms with Gasteiger partial charge in [0.05, 0.1) is 5.41 Å². The van der Waals surface area contributed by atoms with Crippen molar-refractivity contribution in [3.05, 3.63) is 28.8 Å². The second kappa shape index (κ2) is 5.34. The van der Waals surface area contributed by atoms with Crippen molar-refractivity contribution >= 4 is 63.7 Å². The number of carbonyl (C=O) groups excluding carboxylic acids is 1. The SMILES string of the molecule is Cc1ccc(Cl)cc1NC(=S)NC(=O)C1(C)CC1(Cl)Cl. The molecule has 1 aromatic rings. The largest absolute Gasteiger partial charge is 0.332 e. The highest BCUT2D eigenvalue weighted by molar-refractivity contribution is 7.80. The number of anilines is 1. The quantitative estimate of drug-likeness (QED) is 0.624. The Balaban J connectivity index is 2.00. The van der Waals surface area contributed by atoms with Gasteiger partial charge in [-0.2, -0.15) is 0 Å². The monoisotopic (exact) mass is 350 g/mol. The number of nitrogens with one attached hydrogen (secondary N) is 2. The number of thiocarbonyl (C=S) groups is 1. The van der Waals surface area contributed by atoms with Crippen molar-refractivity contribution in [2.45, 2.75) is 24.6 Å². The molecule has 1 aromatic carbocycles. The summed E-state index contributed by atoms with van der Waals surface area (Å²) < 4.78 is -1.02. The highest BCUT2D eigenvalue weighted by Crippen LogP contribution is 2.63. The second-order valence-corrected chi connectivity index (χ2v) is 7.41. The molecule has 0 radical (unpaired) electrons. The van der Waals surface area contributed by atoms with E-state index in [4.69, 9.17) is 47.0 Å². The Bertz CT molecular complexity index is 591. The summed E-state index contributed by atoms with van der Waals surface area (Å²) in [5.41, 5.74) is 0.907. The predicted octanol–water partition coefficient (Wildman–Crippen LogP) is 4.05. The van der Waals surface area contributed by atoms with Crippen LogP contribution < -0.4 is 10.6 Å². The van der Waals surface area contributed by atoms with Crippen LogP contribution >= 0.6 is 47.0 Å². The van der Waals surface area contributed by atoms with E-state index < -0.39 is 9.75 Å². The Morgan fingerprint density at radius 2 is 2.00 bits per heavy atom. The summed E-state index contributed by atoms with van der Waals surface area (Å²) >= 11 is 22.9. The number of aryl methyl sites for hydroxylation is 1. The van der Waals surface area contributed by atoms with Crippen LogP contribution in [-0.2, 0) is 4.79 Å². The lowest BCUT2D eigenvalue weighted by atomic mass is 10.1. The highest BCUT2D eigenvalue weighted by atomic mass is 35.5. The maximum atomic E-state index is 12.1. The van der Waals surface area contributed by atoms with Gasteiger partial charge in [0.25, 0.3) is 0 Å². The van der Waals surface area contributed by atoms with E-state index in [0.717, 1.165) is 11.3 Å². The lowest BCUT2D eigenvalue weighted by molar-refractivity contribution is -0.124. The molecule has 0 bridgehead atoms. The zero-order chi connectivity index (χ0) is 15.1. The van der Waals surface area contributed by atoms with E-state index in [2.05, 4.69) is 10.6 Å². The molecule has 7 heteroatoms. The fourth-order valence-electron chi connectivity index (χ4n) is 1.77. The van der Waals surface area contributed by atoms with Crippen molar-refractivity contribution < 1.29 is 4.79 Å². The highest BCUT2D eigenvalue weighted by Gasteiger charge is 2.68. The molecule has 108 valence electrons. The summed E-state index contributed by atoms with van der Waals surface area (Å²) in [6.45, 7) is 3.61. The number of hydrogen-bond acceptors (Lipinski definition) is 2. The average molecular weight is 352 g/mol. The smallest absolute Gasteiger partial charge is 0.235 e. The van der Waals surface area contributed by atoms with E-state index >= 15 is 0 Å². The molecule has 20 heavy (non-hydrogen) atoms. The van der Waals surface area contributed by atoms with E-state index in [1.54, 1.807) is 19.1 Å². The Labute approximate surface area is 138 Å². The minimum absolute atomic E-state index is 0.192. The van der Waals surface area contributed by atoms with Crippen LogP contribution in [-0.4, -0.2) is 15.4 Å². The normalized spacial score (nSPS) is 23.1. The molecule has 2 N–H and O–H groups in total. The number of alkyl halides is 2. The predicted molar refractivity (Wildman–Crippen MR) is 87.7 cm³/mol. The average Bonchev–Trinajstić information content (AvgIpc) is 2.84. The van der Waals surface area contributed by atoms with E-state index in [-0.39, 0.29) is 11.0 Å². The molecule has 0 spiro atoms. The fourth-order valence-corrected chi connectivity index (χ4v) is 2.85. The lowest BCUT2D eigenvalue weighted by Crippen LogP contribution is -2.40. The molecule has 2 rings (SSSR count). The third-order valence-corrected chi connectivity index (χ3v) is 4.97. The van der Waals surface area contributed by atoms with Gasteiger partial charge in [-0.1, -0.05) is 17.7 Å². The van der Waals surface area contributed by atoms with Crippen LogP contribution in [0.15, 0.2) is 18.2 Å². The summed E-state index contributed by atoms with van der Waals surface area (Å²) in [5.74, 6) is -0.292. The van der Waals surface area contributed by atoms with Crippen LogP contribution in [0.4, 0.5) is 5.69 Å². The van der Waals surface area contributed by atoms with Crippen LogP contribution in [0.2, 0.25) is 5.02 Å². The first-order valence-electron chi connectivity index (χ1n) is 5.92. The van der Waals surface area contributed by atoms with E-state index in [1.807, 2.05) is 13.0 Å². The molecule has 0 aromatic heterocycles. The number of halogens is 3. The molecule has 1 aliphatic rings. The maximum absolute atomic E-state index is 12.1. The van der Waals surface area contributed by atoms with E-state index in [9.17, 15) is 4.79 Å². The van der Waals surface area contributed by atoms with Crippen molar-refractivity contribution in [2.75, 3.05) is 5.32 Å². The molecule has 3 nitrogen and oxygen atoms in total. The van der Waals surface area contributed by atoms with Gasteiger partial charge in [0.2, 0.25) is 5.91 Å².